The van der Waals surface area contributed by atoms with E-state index < -0.39 is 12.6 Å². The molecule has 0 unspecified atom stereocenters. The highest BCUT2D eigenvalue weighted by Gasteiger charge is 2.16. The van der Waals surface area contributed by atoms with Crippen LogP contribution in [0.4, 0.5) is 0 Å². The van der Waals surface area contributed by atoms with Crippen LogP contribution in [0.2, 0.25) is 0 Å². The second-order valence-corrected chi connectivity index (χ2v) is 8.50. The number of carbonyl (C=O) groups is 1. The van der Waals surface area contributed by atoms with Crippen LogP contribution in [-0.2, 0) is 4.79 Å². The number of rotatable bonds is 7. The zero-order chi connectivity index (χ0) is 21.8. The summed E-state index contributed by atoms with van der Waals surface area (Å²) >= 11 is 6.78. The van der Waals surface area contributed by atoms with Gasteiger partial charge in [0.25, 0.3) is 5.56 Å². The van der Waals surface area contributed by atoms with Gasteiger partial charge in [0, 0.05) is 20.4 Å². The zero-order valence-corrected chi connectivity index (χ0v) is 19.5. The number of aromatic nitrogens is 2. The van der Waals surface area contributed by atoms with Gasteiger partial charge < -0.3 is 9.84 Å². The molecule has 7 nitrogen and oxygen atoms in total. The quantitative estimate of drug-likeness (QED) is 0.438. The van der Waals surface area contributed by atoms with Gasteiger partial charge in [-0.3, -0.25) is 4.79 Å². The first-order valence-electron chi connectivity index (χ1n) is 9.20. The molecule has 1 heterocycles. The van der Waals surface area contributed by atoms with Crippen LogP contribution in [0.15, 0.2) is 55.2 Å². The highest BCUT2D eigenvalue weighted by atomic mass is 79.9. The largest absolute Gasteiger partial charge is 0.481 e. The van der Waals surface area contributed by atoms with Crippen LogP contribution in [0.3, 0.4) is 0 Å². The minimum Gasteiger partial charge on any atom is -0.481 e. The normalized spacial score (nSPS) is 12.4. The Morgan fingerprint density at radius 2 is 1.97 bits per heavy atom. The number of aliphatic carboxylic acids is 1. The molecule has 0 amide bonds. The second-order valence-electron chi connectivity index (χ2n) is 6.67. The van der Waals surface area contributed by atoms with Crippen LogP contribution in [0.5, 0.6) is 5.75 Å². The van der Waals surface area contributed by atoms with Gasteiger partial charge in [0.05, 0.1) is 17.1 Å². The SMILES string of the molecule is CC[C@H](C)c1nc2ccc(Br)cc2c(=O)n1N=Cc1cc(Br)ccc1OCC(=O)O. The van der Waals surface area contributed by atoms with Gasteiger partial charge in [0.2, 0.25) is 0 Å². The summed E-state index contributed by atoms with van der Waals surface area (Å²) in [7, 11) is 0. The third-order valence-corrected chi connectivity index (χ3v) is 5.51. The molecule has 30 heavy (non-hydrogen) atoms. The lowest BCUT2D eigenvalue weighted by molar-refractivity contribution is -0.139. The number of nitrogens with zero attached hydrogens (tertiary/aromatic N) is 3. The van der Waals surface area contributed by atoms with Gasteiger partial charge in [-0.25, -0.2) is 9.78 Å². The maximum Gasteiger partial charge on any atom is 0.341 e. The monoisotopic (exact) mass is 535 g/mol. The third-order valence-electron chi connectivity index (χ3n) is 4.52. The van der Waals surface area contributed by atoms with Crippen molar-refractivity contribution in [3.05, 3.63) is 67.1 Å². The summed E-state index contributed by atoms with van der Waals surface area (Å²) in [5, 5.41) is 13.7. The first-order valence-corrected chi connectivity index (χ1v) is 10.8. The van der Waals surface area contributed by atoms with Crippen molar-refractivity contribution in [2.75, 3.05) is 6.61 Å². The van der Waals surface area contributed by atoms with E-state index in [1.807, 2.05) is 19.9 Å². The van der Waals surface area contributed by atoms with E-state index in [2.05, 4.69) is 41.9 Å². The molecule has 0 saturated carbocycles. The molecule has 2 aromatic carbocycles. The Balaban J connectivity index is 2.14. The molecule has 3 rings (SSSR count). The predicted octanol–water partition coefficient (Wildman–Crippen LogP) is 4.78. The number of hydrogen-bond donors (Lipinski definition) is 1. The first-order chi connectivity index (χ1) is 14.3. The number of carboxylic acid groups (broad SMARTS) is 1. The number of benzene rings is 2. The Morgan fingerprint density at radius 3 is 2.67 bits per heavy atom. The van der Waals surface area contributed by atoms with Gasteiger partial charge in [0.1, 0.15) is 11.6 Å². The van der Waals surface area contributed by atoms with Gasteiger partial charge in [-0.15, -0.1) is 0 Å². The Morgan fingerprint density at radius 1 is 1.27 bits per heavy atom. The molecule has 156 valence electrons. The summed E-state index contributed by atoms with van der Waals surface area (Å²) in [4.78, 5) is 28.7. The molecule has 1 N–H and O–H groups in total. The number of hydrogen-bond acceptors (Lipinski definition) is 5. The summed E-state index contributed by atoms with van der Waals surface area (Å²) in [5.41, 5.74) is 0.857. The molecule has 0 spiro atoms. The van der Waals surface area contributed by atoms with E-state index in [1.54, 1.807) is 30.3 Å². The molecule has 1 atom stereocenters. The van der Waals surface area contributed by atoms with Crippen LogP contribution in [0.25, 0.3) is 10.9 Å². The Labute approximate surface area is 189 Å². The van der Waals surface area contributed by atoms with E-state index in [0.29, 0.717) is 28.0 Å². The van der Waals surface area contributed by atoms with Crippen molar-refractivity contribution in [1.29, 1.82) is 0 Å². The van der Waals surface area contributed by atoms with Crippen LogP contribution in [-0.4, -0.2) is 33.6 Å². The van der Waals surface area contributed by atoms with Crippen LogP contribution >= 0.6 is 31.9 Å². The van der Waals surface area contributed by atoms with Crippen molar-refractivity contribution in [3.8, 4) is 5.75 Å². The topological polar surface area (TPSA) is 93.8 Å². The molecule has 0 fully saturated rings. The molecule has 0 saturated heterocycles. The lowest BCUT2D eigenvalue weighted by Gasteiger charge is -2.14. The molecule has 0 aliphatic rings. The second kappa shape index (κ2) is 9.53. The highest BCUT2D eigenvalue weighted by molar-refractivity contribution is 9.10. The average molecular weight is 537 g/mol. The standard InChI is InChI=1S/C21H19Br2N3O4/c1-3-12(2)20-25-17-6-4-15(23)9-16(17)21(29)26(20)24-10-13-8-14(22)5-7-18(13)30-11-19(27)28/h4-10,12H,3,11H2,1-2H3,(H,27,28)/t12-/m0/s1. The molecular weight excluding hydrogens is 518 g/mol. The van der Waals surface area contributed by atoms with Crippen molar-refractivity contribution >= 4 is 54.9 Å². The summed E-state index contributed by atoms with van der Waals surface area (Å²) in [5.74, 6) is -0.177. The fourth-order valence-electron chi connectivity index (χ4n) is 2.79. The van der Waals surface area contributed by atoms with Crippen LogP contribution in [0.1, 0.15) is 37.6 Å². The van der Waals surface area contributed by atoms with Crippen LogP contribution < -0.4 is 10.3 Å². The molecule has 1 aromatic heterocycles. The molecule has 0 radical (unpaired) electrons. The molecule has 0 bridgehead atoms. The number of halogens is 2. The van der Waals surface area contributed by atoms with Gasteiger partial charge in [0.15, 0.2) is 6.61 Å². The minimum atomic E-state index is -1.08. The maximum absolute atomic E-state index is 13.2. The van der Waals surface area contributed by atoms with E-state index in [1.165, 1.54) is 10.9 Å². The average Bonchev–Trinajstić information content (AvgIpc) is 2.72. The summed E-state index contributed by atoms with van der Waals surface area (Å²) in [6.45, 7) is 3.52. The summed E-state index contributed by atoms with van der Waals surface area (Å²) in [6, 6.07) is 10.5. The van der Waals surface area contributed by atoms with Crippen molar-refractivity contribution in [2.45, 2.75) is 26.2 Å². The fourth-order valence-corrected chi connectivity index (χ4v) is 3.53. The Bertz CT molecular complexity index is 1190. The van der Waals surface area contributed by atoms with Gasteiger partial charge in [-0.05, 0) is 42.8 Å². The maximum atomic E-state index is 13.2. The van der Waals surface area contributed by atoms with Crippen LogP contribution in [0, 0.1) is 0 Å². The van der Waals surface area contributed by atoms with Crippen molar-refractivity contribution in [3.63, 3.8) is 0 Å². The van der Waals surface area contributed by atoms with Gasteiger partial charge in [-0.1, -0.05) is 45.7 Å². The van der Waals surface area contributed by atoms with Gasteiger partial charge in [-0.2, -0.15) is 9.78 Å². The lowest BCUT2D eigenvalue weighted by Crippen LogP contribution is -2.23. The minimum absolute atomic E-state index is 0.00753. The first kappa shape index (κ1) is 22.2. The van der Waals surface area contributed by atoms with E-state index in [9.17, 15) is 9.59 Å². The van der Waals surface area contributed by atoms with E-state index in [0.717, 1.165) is 15.4 Å². The number of fused-ring (bicyclic) bond motifs is 1. The van der Waals surface area contributed by atoms with E-state index >= 15 is 0 Å². The third kappa shape index (κ3) is 4.96. The van der Waals surface area contributed by atoms with Gasteiger partial charge >= 0.3 is 5.97 Å². The Hall–Kier alpha value is -2.52. The number of ether oxygens (including phenoxy) is 1. The van der Waals surface area contributed by atoms with Crippen molar-refractivity contribution in [1.82, 2.24) is 9.66 Å². The number of carboxylic acids is 1. The lowest BCUT2D eigenvalue weighted by atomic mass is 10.1. The van der Waals surface area contributed by atoms with E-state index in [4.69, 9.17) is 9.84 Å². The predicted molar refractivity (Wildman–Crippen MR) is 123 cm³/mol. The Kier molecular flexibility index (Phi) is 7.04. The molecule has 3 aromatic rings. The molecule has 0 aliphatic heterocycles. The molecule has 9 heteroatoms. The fraction of sp³-hybridized carbons (Fsp3) is 0.238. The van der Waals surface area contributed by atoms with E-state index in [-0.39, 0.29) is 11.5 Å². The highest BCUT2D eigenvalue weighted by Crippen LogP contribution is 2.23. The smallest absolute Gasteiger partial charge is 0.341 e. The van der Waals surface area contributed by atoms with Crippen molar-refractivity contribution in [2.24, 2.45) is 5.10 Å². The summed E-state index contributed by atoms with van der Waals surface area (Å²) < 4.78 is 8.17. The summed E-state index contributed by atoms with van der Waals surface area (Å²) in [6.07, 6.45) is 2.26. The zero-order valence-electron chi connectivity index (χ0n) is 16.3. The molecule has 0 aliphatic carbocycles. The molecular formula is C21H19Br2N3O4. The van der Waals surface area contributed by atoms with Crippen molar-refractivity contribution < 1.29 is 14.6 Å².